The smallest absolute Gasteiger partial charge is 0.237 e. The van der Waals surface area contributed by atoms with Crippen molar-refractivity contribution in [2.24, 2.45) is 23.0 Å². The van der Waals surface area contributed by atoms with Crippen LogP contribution in [0.25, 0.3) is 0 Å². The van der Waals surface area contributed by atoms with Crippen molar-refractivity contribution in [1.82, 2.24) is 5.32 Å². The van der Waals surface area contributed by atoms with Gasteiger partial charge in [0.05, 0.1) is 6.04 Å². The number of halogens is 1. The van der Waals surface area contributed by atoms with Crippen LogP contribution >= 0.6 is 12.4 Å². The molecule has 1 aliphatic rings. The molecule has 120 valence electrons. The molecule has 0 saturated heterocycles. The molecule has 0 aromatic heterocycles. The van der Waals surface area contributed by atoms with E-state index in [1.807, 2.05) is 6.92 Å². The molecule has 0 spiro atoms. The van der Waals surface area contributed by atoms with Gasteiger partial charge in [0.15, 0.2) is 0 Å². The predicted molar refractivity (Wildman–Crippen MR) is 84.8 cm³/mol. The maximum Gasteiger partial charge on any atom is 0.237 e. The zero-order valence-corrected chi connectivity index (χ0v) is 13.8. The lowest BCUT2D eigenvalue weighted by Gasteiger charge is -2.47. The number of hydrogen-bond donors (Lipinski definition) is 3. The Kier molecular flexibility index (Phi) is 8.71. The summed E-state index contributed by atoms with van der Waals surface area (Å²) in [5, 5.41) is 12.1. The number of carbonyl (C=O) groups excluding carboxylic acids is 1. The number of nitrogens with two attached hydrogens (primary N) is 1. The van der Waals surface area contributed by atoms with Crippen LogP contribution in [0.5, 0.6) is 0 Å². The Bertz CT molecular complexity index is 296. The second-order valence-corrected chi connectivity index (χ2v) is 6.26. The first kappa shape index (κ1) is 19.7. The van der Waals surface area contributed by atoms with E-state index in [4.69, 9.17) is 10.8 Å². The van der Waals surface area contributed by atoms with E-state index >= 15 is 0 Å². The molecule has 0 aromatic carbocycles. The van der Waals surface area contributed by atoms with E-state index in [9.17, 15) is 4.79 Å². The van der Waals surface area contributed by atoms with Crippen LogP contribution in [0.2, 0.25) is 0 Å². The van der Waals surface area contributed by atoms with Crippen molar-refractivity contribution in [2.75, 3.05) is 13.2 Å². The summed E-state index contributed by atoms with van der Waals surface area (Å²) in [6, 6.07) is -0.407. The maximum absolute atomic E-state index is 12.0. The lowest BCUT2D eigenvalue weighted by molar-refractivity contribution is -0.124. The summed E-state index contributed by atoms with van der Waals surface area (Å²) < 4.78 is 0. The molecular formula is C15H31ClN2O2. The summed E-state index contributed by atoms with van der Waals surface area (Å²) in [6.45, 7) is 7.17. The first-order valence-electron chi connectivity index (χ1n) is 7.61. The number of hydrogen-bond acceptors (Lipinski definition) is 3. The standard InChI is InChI=1S/C15H30N2O2.ClH/c1-4-11(2)13(16)14(19)17-10-15(7-5-8-15)12(3)6-9-18;/h11-13,18H,4-10,16H2,1-3H3,(H,17,19);1H. The van der Waals surface area contributed by atoms with E-state index in [0.29, 0.717) is 12.5 Å². The van der Waals surface area contributed by atoms with E-state index in [1.165, 1.54) is 6.42 Å². The topological polar surface area (TPSA) is 75.4 Å². The van der Waals surface area contributed by atoms with Gasteiger partial charge in [-0.15, -0.1) is 12.4 Å². The fraction of sp³-hybridized carbons (Fsp3) is 0.933. The summed E-state index contributed by atoms with van der Waals surface area (Å²) >= 11 is 0. The fourth-order valence-electron chi connectivity index (χ4n) is 2.87. The van der Waals surface area contributed by atoms with Crippen LogP contribution in [-0.2, 0) is 4.79 Å². The van der Waals surface area contributed by atoms with Crippen molar-refractivity contribution in [3.63, 3.8) is 0 Å². The maximum atomic E-state index is 12.0. The van der Waals surface area contributed by atoms with Crippen LogP contribution < -0.4 is 11.1 Å². The quantitative estimate of drug-likeness (QED) is 0.643. The van der Waals surface area contributed by atoms with Crippen molar-refractivity contribution in [3.05, 3.63) is 0 Å². The van der Waals surface area contributed by atoms with Gasteiger partial charge in [-0.2, -0.15) is 0 Å². The third-order valence-corrected chi connectivity index (χ3v) is 5.13. The monoisotopic (exact) mass is 306 g/mol. The zero-order chi connectivity index (χ0) is 14.5. The average molecular weight is 307 g/mol. The molecule has 4 N–H and O–H groups in total. The summed E-state index contributed by atoms with van der Waals surface area (Å²) in [5.74, 6) is 0.635. The molecular weight excluding hydrogens is 276 g/mol. The van der Waals surface area contributed by atoms with Gasteiger partial charge in [-0.3, -0.25) is 4.79 Å². The molecule has 0 aromatic rings. The summed E-state index contributed by atoms with van der Waals surface area (Å²) in [6.07, 6.45) is 5.25. The Morgan fingerprint density at radius 3 is 2.40 bits per heavy atom. The minimum absolute atomic E-state index is 0. The minimum atomic E-state index is -0.407. The summed E-state index contributed by atoms with van der Waals surface area (Å²) in [5.41, 5.74) is 6.13. The average Bonchev–Trinajstić information content (AvgIpc) is 2.35. The van der Waals surface area contributed by atoms with Gasteiger partial charge in [0.1, 0.15) is 0 Å². The highest BCUT2D eigenvalue weighted by molar-refractivity contribution is 5.85. The Labute approximate surface area is 129 Å². The number of carbonyl (C=O) groups is 1. The highest BCUT2D eigenvalue weighted by atomic mass is 35.5. The molecule has 1 rings (SSSR count). The van der Waals surface area contributed by atoms with Gasteiger partial charge >= 0.3 is 0 Å². The zero-order valence-electron chi connectivity index (χ0n) is 13.0. The van der Waals surface area contributed by atoms with Crippen LogP contribution in [0.4, 0.5) is 0 Å². The van der Waals surface area contributed by atoms with Gasteiger partial charge in [-0.05, 0) is 36.5 Å². The molecule has 1 amide bonds. The first-order valence-corrected chi connectivity index (χ1v) is 7.61. The van der Waals surface area contributed by atoms with E-state index < -0.39 is 6.04 Å². The van der Waals surface area contributed by atoms with Crippen molar-refractivity contribution < 1.29 is 9.90 Å². The number of rotatable bonds is 8. The van der Waals surface area contributed by atoms with Gasteiger partial charge in [0.2, 0.25) is 5.91 Å². The number of amides is 1. The molecule has 1 saturated carbocycles. The fourth-order valence-corrected chi connectivity index (χ4v) is 2.87. The number of nitrogens with one attached hydrogen (secondary N) is 1. The van der Waals surface area contributed by atoms with Gasteiger partial charge in [-0.1, -0.05) is 33.6 Å². The SMILES string of the molecule is CCC(C)C(N)C(=O)NCC1(C(C)CCO)CCC1.Cl. The van der Waals surface area contributed by atoms with Gasteiger partial charge in [-0.25, -0.2) is 0 Å². The second kappa shape index (κ2) is 8.85. The predicted octanol–water partition coefficient (Wildman–Crippen LogP) is 2.09. The third kappa shape index (κ3) is 4.61. The molecule has 1 fully saturated rings. The normalized spacial score (nSPS) is 21.1. The van der Waals surface area contributed by atoms with Crippen molar-refractivity contribution in [2.45, 2.75) is 58.9 Å². The van der Waals surface area contributed by atoms with Gasteiger partial charge in [0.25, 0.3) is 0 Å². The molecule has 3 unspecified atom stereocenters. The van der Waals surface area contributed by atoms with Crippen LogP contribution in [0, 0.1) is 17.3 Å². The number of aliphatic hydroxyl groups is 1. The van der Waals surface area contributed by atoms with Gasteiger partial charge < -0.3 is 16.2 Å². The Morgan fingerprint density at radius 1 is 1.40 bits per heavy atom. The van der Waals surface area contributed by atoms with Crippen molar-refractivity contribution in [3.8, 4) is 0 Å². The lowest BCUT2D eigenvalue weighted by Crippen LogP contribution is -2.51. The summed E-state index contributed by atoms with van der Waals surface area (Å²) in [7, 11) is 0. The van der Waals surface area contributed by atoms with Crippen LogP contribution in [-0.4, -0.2) is 30.2 Å². The van der Waals surface area contributed by atoms with Crippen LogP contribution in [0.3, 0.4) is 0 Å². The van der Waals surface area contributed by atoms with E-state index in [1.54, 1.807) is 0 Å². The van der Waals surface area contributed by atoms with Crippen LogP contribution in [0.1, 0.15) is 52.9 Å². The molecule has 3 atom stereocenters. The number of aliphatic hydroxyl groups excluding tert-OH is 1. The first-order chi connectivity index (χ1) is 8.96. The molecule has 5 heteroatoms. The molecule has 0 bridgehead atoms. The molecule has 0 radical (unpaired) electrons. The molecule has 4 nitrogen and oxygen atoms in total. The largest absolute Gasteiger partial charge is 0.396 e. The van der Waals surface area contributed by atoms with E-state index in [0.717, 1.165) is 25.7 Å². The second-order valence-electron chi connectivity index (χ2n) is 6.26. The highest BCUT2D eigenvalue weighted by Crippen LogP contribution is 2.47. The van der Waals surface area contributed by atoms with Crippen LogP contribution in [0.15, 0.2) is 0 Å². The molecule has 20 heavy (non-hydrogen) atoms. The third-order valence-electron chi connectivity index (χ3n) is 5.13. The molecule has 0 heterocycles. The van der Waals surface area contributed by atoms with E-state index in [2.05, 4.69) is 19.2 Å². The molecule has 0 aliphatic heterocycles. The van der Waals surface area contributed by atoms with Gasteiger partial charge in [0, 0.05) is 13.2 Å². The Balaban J connectivity index is 0.00000361. The summed E-state index contributed by atoms with van der Waals surface area (Å²) in [4.78, 5) is 12.0. The van der Waals surface area contributed by atoms with Crippen molar-refractivity contribution >= 4 is 18.3 Å². The van der Waals surface area contributed by atoms with E-state index in [-0.39, 0.29) is 36.3 Å². The molecule has 1 aliphatic carbocycles. The Hall–Kier alpha value is -0.320. The van der Waals surface area contributed by atoms with Crippen molar-refractivity contribution in [1.29, 1.82) is 0 Å². The highest BCUT2D eigenvalue weighted by Gasteiger charge is 2.41. The minimum Gasteiger partial charge on any atom is -0.396 e. The lowest BCUT2D eigenvalue weighted by atomic mass is 9.60. The Morgan fingerprint density at radius 2 is 2.00 bits per heavy atom.